The van der Waals surface area contributed by atoms with E-state index in [1.807, 2.05) is 24.3 Å². The van der Waals surface area contributed by atoms with Crippen LogP contribution in [-0.4, -0.2) is 41.1 Å². The smallest absolute Gasteiger partial charge is 0.242 e. The molecule has 6 nitrogen and oxygen atoms in total. The molecule has 1 fully saturated rings. The number of carbonyl (C=O) groups is 2. The van der Waals surface area contributed by atoms with Crippen LogP contribution in [0.15, 0.2) is 41.4 Å². The Bertz CT molecular complexity index is 891. The van der Waals surface area contributed by atoms with Gasteiger partial charge in [-0.15, -0.1) is 0 Å². The Labute approximate surface area is 149 Å². The lowest BCUT2D eigenvalue weighted by Crippen LogP contribution is -2.26. The normalized spacial score (nSPS) is 16.8. The number of ether oxygens (including phenoxy) is 1. The van der Waals surface area contributed by atoms with Crippen LogP contribution < -0.4 is 4.74 Å². The number of para-hydroxylation sites is 1. The molecule has 1 aliphatic rings. The van der Waals surface area contributed by atoms with Crippen molar-refractivity contribution in [3.63, 3.8) is 0 Å². The number of carbonyl (C=O) groups excluding carboxylic acids is 2. The predicted octanol–water partition coefficient (Wildman–Crippen LogP) is 2.48. The maximum Gasteiger partial charge on any atom is 0.242 e. The van der Waals surface area contributed by atoms with Crippen molar-refractivity contribution >= 4 is 23.6 Å². The lowest BCUT2D eigenvalue weighted by Gasteiger charge is -2.12. The third-order valence-corrected chi connectivity index (χ3v) is 5.14. The first-order valence-electron chi connectivity index (χ1n) is 7.56. The van der Waals surface area contributed by atoms with Gasteiger partial charge in [-0.1, -0.05) is 23.9 Å². The van der Waals surface area contributed by atoms with Crippen LogP contribution in [0.5, 0.6) is 5.75 Å². The molecule has 1 unspecified atom stereocenters. The summed E-state index contributed by atoms with van der Waals surface area (Å²) in [5.74, 6) is 0.188. The molecule has 126 valence electrons. The van der Waals surface area contributed by atoms with Crippen molar-refractivity contribution < 1.29 is 14.3 Å². The molecule has 0 spiro atoms. The minimum atomic E-state index is -0.551. The van der Waals surface area contributed by atoms with Crippen LogP contribution in [0.4, 0.5) is 0 Å². The van der Waals surface area contributed by atoms with Crippen LogP contribution >= 0.6 is 11.8 Å². The van der Waals surface area contributed by atoms with Gasteiger partial charge in [-0.2, -0.15) is 5.26 Å². The van der Waals surface area contributed by atoms with Crippen molar-refractivity contribution in [1.82, 2.24) is 9.88 Å². The zero-order valence-corrected chi connectivity index (χ0v) is 14.5. The topological polar surface area (TPSA) is 83.3 Å². The molecule has 25 heavy (non-hydrogen) atoms. The first-order chi connectivity index (χ1) is 12.0. The third-order valence-electron chi connectivity index (χ3n) is 3.96. The fraction of sp³-hybridized carbons (Fsp3) is 0.222. The third kappa shape index (κ3) is 3.21. The van der Waals surface area contributed by atoms with Gasteiger partial charge >= 0.3 is 0 Å². The summed E-state index contributed by atoms with van der Waals surface area (Å²) in [4.78, 5) is 29.5. The Balaban J connectivity index is 1.98. The summed E-state index contributed by atoms with van der Waals surface area (Å²) in [6.45, 7) is 0. The van der Waals surface area contributed by atoms with Crippen LogP contribution in [0, 0.1) is 11.3 Å². The number of nitriles is 1. The van der Waals surface area contributed by atoms with Gasteiger partial charge in [-0.3, -0.25) is 14.5 Å². The summed E-state index contributed by atoms with van der Waals surface area (Å²) in [5.41, 5.74) is 1.81. The summed E-state index contributed by atoms with van der Waals surface area (Å²) in [5, 5.41) is 9.22. The van der Waals surface area contributed by atoms with Crippen LogP contribution in [0.3, 0.4) is 0 Å². The number of benzene rings is 1. The molecule has 1 atom stereocenters. The Morgan fingerprint density at radius 1 is 1.28 bits per heavy atom. The minimum absolute atomic E-state index is 0.117. The van der Waals surface area contributed by atoms with E-state index in [1.54, 1.807) is 19.2 Å². The highest BCUT2D eigenvalue weighted by molar-refractivity contribution is 8.00. The highest BCUT2D eigenvalue weighted by Crippen LogP contribution is 2.35. The van der Waals surface area contributed by atoms with Gasteiger partial charge in [0.2, 0.25) is 11.8 Å². The molecule has 1 saturated heterocycles. The first-order valence-corrected chi connectivity index (χ1v) is 8.44. The molecule has 0 radical (unpaired) electrons. The van der Waals surface area contributed by atoms with Gasteiger partial charge in [0.15, 0.2) is 0 Å². The van der Waals surface area contributed by atoms with Gasteiger partial charge in [0, 0.05) is 19.0 Å². The van der Waals surface area contributed by atoms with Gasteiger partial charge in [-0.05, 0) is 24.3 Å². The molecule has 0 aliphatic carbocycles. The number of nitrogens with zero attached hydrogens (tertiary/aromatic N) is 3. The molecular formula is C18H15N3O3S. The number of hydrogen-bond acceptors (Lipinski definition) is 6. The number of aromatic nitrogens is 1. The second kappa shape index (κ2) is 6.95. The van der Waals surface area contributed by atoms with E-state index < -0.39 is 5.25 Å². The largest absolute Gasteiger partial charge is 0.496 e. The van der Waals surface area contributed by atoms with Crippen molar-refractivity contribution in [3.05, 3.63) is 42.0 Å². The SMILES string of the molecule is COc1ccccc1-c1ccc(C#N)c(SC2CC(=O)N(C)C2=O)n1. The number of methoxy groups -OCH3 is 1. The van der Waals surface area contributed by atoms with E-state index in [4.69, 9.17) is 4.74 Å². The fourth-order valence-corrected chi connectivity index (χ4v) is 3.72. The second-order valence-electron chi connectivity index (χ2n) is 5.46. The number of imide groups is 1. The molecule has 0 bridgehead atoms. The number of pyridine rings is 1. The Morgan fingerprint density at radius 2 is 2.04 bits per heavy atom. The Kier molecular flexibility index (Phi) is 4.72. The van der Waals surface area contributed by atoms with Crippen molar-refractivity contribution in [2.45, 2.75) is 16.7 Å². The molecule has 2 heterocycles. The average Bonchev–Trinajstić information content (AvgIpc) is 2.88. The molecule has 1 aliphatic heterocycles. The van der Waals surface area contributed by atoms with Gasteiger partial charge < -0.3 is 4.74 Å². The van der Waals surface area contributed by atoms with Gasteiger partial charge in [0.1, 0.15) is 16.8 Å². The molecule has 2 aromatic rings. The van der Waals surface area contributed by atoms with Crippen molar-refractivity contribution in [3.8, 4) is 23.1 Å². The van der Waals surface area contributed by atoms with Crippen molar-refractivity contribution in [2.75, 3.05) is 14.2 Å². The standard InChI is InChI=1S/C18H15N3O3S/c1-21-16(22)9-15(18(21)23)25-17-11(10-19)7-8-13(20-17)12-5-3-4-6-14(12)24-2/h3-8,15H,9H2,1-2H3. The predicted molar refractivity (Wildman–Crippen MR) is 93.0 cm³/mol. The molecule has 3 rings (SSSR count). The molecular weight excluding hydrogens is 338 g/mol. The Hall–Kier alpha value is -2.85. The summed E-state index contributed by atoms with van der Waals surface area (Å²) in [6, 6.07) is 12.9. The van der Waals surface area contributed by atoms with E-state index in [0.717, 1.165) is 22.2 Å². The van der Waals surface area contributed by atoms with Crippen LogP contribution in [-0.2, 0) is 9.59 Å². The first kappa shape index (κ1) is 17.0. The quantitative estimate of drug-likeness (QED) is 0.785. The van der Waals surface area contributed by atoms with Crippen molar-refractivity contribution in [1.29, 1.82) is 5.26 Å². The summed E-state index contributed by atoms with van der Waals surface area (Å²) in [7, 11) is 3.05. The monoisotopic (exact) mass is 353 g/mol. The van der Waals surface area contributed by atoms with Crippen LogP contribution in [0.1, 0.15) is 12.0 Å². The molecule has 1 aromatic heterocycles. The van der Waals surface area contributed by atoms with Gasteiger partial charge in [-0.25, -0.2) is 4.98 Å². The van der Waals surface area contributed by atoms with Crippen LogP contribution in [0.25, 0.3) is 11.3 Å². The van der Waals surface area contributed by atoms with Crippen LogP contribution in [0.2, 0.25) is 0 Å². The highest BCUT2D eigenvalue weighted by atomic mass is 32.2. The van der Waals surface area contributed by atoms with E-state index in [0.29, 0.717) is 22.0 Å². The molecule has 0 saturated carbocycles. The maximum absolute atomic E-state index is 12.1. The molecule has 7 heteroatoms. The lowest BCUT2D eigenvalue weighted by molar-refractivity contribution is -0.136. The zero-order valence-electron chi connectivity index (χ0n) is 13.7. The number of hydrogen-bond donors (Lipinski definition) is 0. The van der Waals surface area contributed by atoms with E-state index in [9.17, 15) is 14.9 Å². The fourth-order valence-electron chi connectivity index (χ4n) is 2.57. The molecule has 2 amide bonds. The van der Waals surface area contributed by atoms with Gasteiger partial charge in [0.25, 0.3) is 0 Å². The maximum atomic E-state index is 12.1. The number of thioether (sulfide) groups is 1. The second-order valence-corrected chi connectivity index (χ2v) is 6.65. The average molecular weight is 353 g/mol. The van der Waals surface area contributed by atoms with E-state index in [-0.39, 0.29) is 18.2 Å². The van der Waals surface area contributed by atoms with E-state index in [2.05, 4.69) is 11.1 Å². The van der Waals surface area contributed by atoms with Gasteiger partial charge in [0.05, 0.1) is 23.6 Å². The van der Waals surface area contributed by atoms with E-state index >= 15 is 0 Å². The number of amides is 2. The number of likely N-dealkylation sites (tertiary alicyclic amines) is 1. The highest BCUT2D eigenvalue weighted by Gasteiger charge is 2.37. The summed E-state index contributed by atoms with van der Waals surface area (Å²) in [6.07, 6.45) is 0.117. The molecule has 0 N–H and O–H groups in total. The summed E-state index contributed by atoms with van der Waals surface area (Å²) >= 11 is 1.15. The van der Waals surface area contributed by atoms with Crippen molar-refractivity contribution in [2.24, 2.45) is 0 Å². The Morgan fingerprint density at radius 3 is 2.68 bits per heavy atom. The summed E-state index contributed by atoms with van der Waals surface area (Å²) < 4.78 is 5.36. The lowest BCUT2D eigenvalue weighted by atomic mass is 10.1. The zero-order chi connectivity index (χ0) is 18.0. The van der Waals surface area contributed by atoms with E-state index in [1.165, 1.54) is 7.05 Å². The number of rotatable bonds is 4. The molecule has 1 aromatic carbocycles. The minimum Gasteiger partial charge on any atom is -0.496 e.